The van der Waals surface area contributed by atoms with Crippen molar-refractivity contribution in [2.45, 2.75) is 27.7 Å². The molecule has 4 nitrogen and oxygen atoms in total. The van der Waals surface area contributed by atoms with Gasteiger partial charge in [0.1, 0.15) is 0 Å². The summed E-state index contributed by atoms with van der Waals surface area (Å²) in [6.45, 7) is 7.96. The minimum Gasteiger partial charge on any atom is -0.324 e. The molecule has 0 saturated carbocycles. The number of anilines is 2. The number of rotatable bonds is 3. The number of hydrogen-bond donors (Lipinski definition) is 3. The van der Waals surface area contributed by atoms with Crippen LogP contribution in [0.1, 0.15) is 32.6 Å². The van der Waals surface area contributed by atoms with Gasteiger partial charge in [-0.2, -0.15) is 0 Å². The highest BCUT2D eigenvalue weighted by atomic mass is 16.1. The average molecular weight is 283 g/mol. The van der Waals surface area contributed by atoms with Gasteiger partial charge in [-0.1, -0.05) is 17.7 Å². The molecular formula is C17H21N3O. The van der Waals surface area contributed by atoms with Gasteiger partial charge >= 0.3 is 0 Å². The number of nitrogens with two attached hydrogens (primary N) is 1. The SMILES string of the molecule is Cc1cc(C)c(NC(=O)c2ccc(NN)c(C)c2)c(C)c1. The highest BCUT2D eigenvalue weighted by Gasteiger charge is 2.11. The topological polar surface area (TPSA) is 67.2 Å². The maximum Gasteiger partial charge on any atom is 0.255 e. The van der Waals surface area contributed by atoms with E-state index >= 15 is 0 Å². The maximum atomic E-state index is 12.4. The Morgan fingerprint density at radius 2 is 1.57 bits per heavy atom. The van der Waals surface area contributed by atoms with E-state index in [0.717, 1.165) is 28.1 Å². The number of hydrogen-bond acceptors (Lipinski definition) is 3. The fourth-order valence-corrected chi connectivity index (χ4v) is 2.53. The van der Waals surface area contributed by atoms with Crippen molar-refractivity contribution in [3.05, 3.63) is 58.1 Å². The molecular weight excluding hydrogens is 262 g/mol. The lowest BCUT2D eigenvalue weighted by Crippen LogP contribution is -2.15. The Labute approximate surface area is 125 Å². The molecule has 4 heteroatoms. The smallest absolute Gasteiger partial charge is 0.255 e. The number of benzene rings is 2. The molecule has 0 bridgehead atoms. The summed E-state index contributed by atoms with van der Waals surface area (Å²) in [5, 5.41) is 3.00. The van der Waals surface area contributed by atoms with Gasteiger partial charge < -0.3 is 10.7 Å². The highest BCUT2D eigenvalue weighted by Crippen LogP contribution is 2.23. The Kier molecular flexibility index (Phi) is 4.29. The zero-order valence-electron chi connectivity index (χ0n) is 12.9. The summed E-state index contributed by atoms with van der Waals surface area (Å²) >= 11 is 0. The first-order chi connectivity index (χ1) is 9.92. The fourth-order valence-electron chi connectivity index (χ4n) is 2.53. The van der Waals surface area contributed by atoms with E-state index in [9.17, 15) is 4.79 Å². The number of nitrogen functional groups attached to an aromatic ring is 1. The molecule has 0 atom stereocenters. The second kappa shape index (κ2) is 5.97. The normalized spacial score (nSPS) is 10.3. The Bertz CT molecular complexity index is 669. The molecule has 0 radical (unpaired) electrons. The van der Waals surface area contributed by atoms with Crippen molar-refractivity contribution in [1.82, 2.24) is 0 Å². The Morgan fingerprint density at radius 3 is 2.10 bits per heavy atom. The van der Waals surface area contributed by atoms with Crippen molar-refractivity contribution in [3.63, 3.8) is 0 Å². The van der Waals surface area contributed by atoms with Crippen molar-refractivity contribution in [1.29, 1.82) is 0 Å². The summed E-state index contributed by atoms with van der Waals surface area (Å²) in [6.07, 6.45) is 0. The van der Waals surface area contributed by atoms with Crippen LogP contribution >= 0.6 is 0 Å². The molecule has 0 aliphatic carbocycles. The van der Waals surface area contributed by atoms with Crippen LogP contribution in [0, 0.1) is 27.7 Å². The van der Waals surface area contributed by atoms with Gasteiger partial charge in [0.2, 0.25) is 0 Å². The summed E-state index contributed by atoms with van der Waals surface area (Å²) in [4.78, 5) is 12.4. The van der Waals surface area contributed by atoms with Crippen LogP contribution in [0.25, 0.3) is 0 Å². The molecule has 1 amide bonds. The second-order valence-corrected chi connectivity index (χ2v) is 5.40. The summed E-state index contributed by atoms with van der Waals surface area (Å²) in [6, 6.07) is 9.52. The molecule has 0 saturated heterocycles. The van der Waals surface area contributed by atoms with Crippen molar-refractivity contribution >= 4 is 17.3 Å². The summed E-state index contributed by atoms with van der Waals surface area (Å²) in [7, 11) is 0. The monoisotopic (exact) mass is 283 g/mol. The van der Waals surface area contributed by atoms with E-state index in [4.69, 9.17) is 5.84 Å². The first-order valence-electron chi connectivity index (χ1n) is 6.89. The van der Waals surface area contributed by atoms with Crippen LogP contribution in [-0.4, -0.2) is 5.91 Å². The largest absolute Gasteiger partial charge is 0.324 e. The summed E-state index contributed by atoms with van der Waals surface area (Å²) in [5.74, 6) is 5.29. The van der Waals surface area contributed by atoms with Crippen LogP contribution in [-0.2, 0) is 0 Å². The van der Waals surface area contributed by atoms with Gasteiger partial charge in [0, 0.05) is 11.3 Å². The van der Waals surface area contributed by atoms with Crippen LogP contribution in [0.3, 0.4) is 0 Å². The molecule has 21 heavy (non-hydrogen) atoms. The number of hydrazine groups is 1. The zero-order chi connectivity index (χ0) is 15.6. The Balaban J connectivity index is 2.28. The first kappa shape index (κ1) is 15.1. The van der Waals surface area contributed by atoms with Crippen molar-refractivity contribution < 1.29 is 4.79 Å². The molecule has 2 aromatic carbocycles. The van der Waals surface area contributed by atoms with Crippen molar-refractivity contribution in [3.8, 4) is 0 Å². The van der Waals surface area contributed by atoms with Crippen molar-refractivity contribution in [2.24, 2.45) is 5.84 Å². The Hall–Kier alpha value is -2.33. The van der Waals surface area contributed by atoms with Crippen molar-refractivity contribution in [2.75, 3.05) is 10.7 Å². The van der Waals surface area contributed by atoms with Gasteiger partial charge in [0.15, 0.2) is 0 Å². The van der Waals surface area contributed by atoms with E-state index in [1.54, 1.807) is 12.1 Å². The number of aryl methyl sites for hydroxylation is 4. The van der Waals surface area contributed by atoms with Crippen LogP contribution in [0.4, 0.5) is 11.4 Å². The summed E-state index contributed by atoms with van der Waals surface area (Å²) in [5.41, 5.74) is 9.17. The molecule has 0 aliphatic rings. The lowest BCUT2D eigenvalue weighted by molar-refractivity contribution is 0.102. The molecule has 0 heterocycles. The maximum absolute atomic E-state index is 12.4. The van der Waals surface area contributed by atoms with Gasteiger partial charge in [-0.15, -0.1) is 0 Å². The van der Waals surface area contributed by atoms with Crippen LogP contribution in [0.5, 0.6) is 0 Å². The minimum absolute atomic E-state index is 0.114. The molecule has 0 fully saturated rings. The third kappa shape index (κ3) is 3.23. The minimum atomic E-state index is -0.114. The van der Waals surface area contributed by atoms with E-state index in [1.807, 2.05) is 33.8 Å². The predicted octanol–water partition coefficient (Wildman–Crippen LogP) is 3.46. The molecule has 0 spiro atoms. The predicted molar refractivity (Wildman–Crippen MR) is 87.6 cm³/mol. The van der Waals surface area contributed by atoms with E-state index < -0.39 is 0 Å². The standard InChI is InChI=1S/C17H21N3O/c1-10-7-12(3)16(13(4)8-10)19-17(21)14-5-6-15(20-18)11(2)9-14/h5-9,20H,18H2,1-4H3,(H,19,21). The highest BCUT2D eigenvalue weighted by molar-refractivity contribution is 6.05. The van der Waals surface area contributed by atoms with Gasteiger partial charge in [-0.05, 0) is 62.6 Å². The van der Waals surface area contributed by atoms with Crippen LogP contribution in [0.2, 0.25) is 0 Å². The van der Waals surface area contributed by atoms with Gasteiger partial charge in [-0.3, -0.25) is 10.6 Å². The second-order valence-electron chi connectivity index (χ2n) is 5.40. The van der Waals surface area contributed by atoms with E-state index in [1.165, 1.54) is 5.56 Å². The van der Waals surface area contributed by atoms with Crippen LogP contribution < -0.4 is 16.6 Å². The lowest BCUT2D eigenvalue weighted by Gasteiger charge is -2.13. The molecule has 0 aliphatic heterocycles. The number of carbonyl (C=O) groups is 1. The molecule has 0 aromatic heterocycles. The van der Waals surface area contributed by atoms with E-state index in [0.29, 0.717) is 5.56 Å². The fraction of sp³-hybridized carbons (Fsp3) is 0.235. The zero-order valence-corrected chi connectivity index (χ0v) is 12.9. The number of carbonyl (C=O) groups excluding carboxylic acids is 1. The molecule has 2 rings (SSSR count). The van der Waals surface area contributed by atoms with Gasteiger partial charge in [-0.25, -0.2) is 0 Å². The molecule has 2 aromatic rings. The molecule has 0 unspecified atom stereocenters. The quantitative estimate of drug-likeness (QED) is 0.597. The third-order valence-corrected chi connectivity index (χ3v) is 3.56. The van der Waals surface area contributed by atoms with E-state index in [2.05, 4.69) is 22.9 Å². The van der Waals surface area contributed by atoms with E-state index in [-0.39, 0.29) is 5.91 Å². The first-order valence-corrected chi connectivity index (χ1v) is 6.89. The van der Waals surface area contributed by atoms with Gasteiger partial charge in [0.25, 0.3) is 5.91 Å². The summed E-state index contributed by atoms with van der Waals surface area (Å²) < 4.78 is 0. The van der Waals surface area contributed by atoms with Gasteiger partial charge in [0.05, 0.1) is 5.69 Å². The number of amides is 1. The average Bonchev–Trinajstić information content (AvgIpc) is 2.42. The lowest BCUT2D eigenvalue weighted by atomic mass is 10.0. The molecule has 4 N–H and O–H groups in total. The third-order valence-electron chi connectivity index (χ3n) is 3.56. The Morgan fingerprint density at radius 1 is 0.952 bits per heavy atom. The molecule has 110 valence electrons. The number of nitrogens with one attached hydrogen (secondary N) is 2. The van der Waals surface area contributed by atoms with Crippen LogP contribution in [0.15, 0.2) is 30.3 Å².